The van der Waals surface area contributed by atoms with Gasteiger partial charge in [-0.15, -0.1) is 0 Å². The van der Waals surface area contributed by atoms with Crippen LogP contribution in [0.1, 0.15) is 69.3 Å². The van der Waals surface area contributed by atoms with Gasteiger partial charge in [-0.2, -0.15) is 0 Å². The molecule has 0 spiro atoms. The van der Waals surface area contributed by atoms with Gasteiger partial charge < -0.3 is 35.0 Å². The van der Waals surface area contributed by atoms with Gasteiger partial charge in [0.05, 0.1) is 42.1 Å². The first-order valence-corrected chi connectivity index (χ1v) is 16.9. The highest BCUT2D eigenvalue weighted by molar-refractivity contribution is 6.07. The first-order chi connectivity index (χ1) is 23.3. The van der Waals surface area contributed by atoms with Crippen molar-refractivity contribution >= 4 is 33.8 Å². The second kappa shape index (κ2) is 12.0. The highest BCUT2D eigenvalue weighted by Crippen LogP contribution is 2.43. The van der Waals surface area contributed by atoms with Crippen LogP contribution in [0.3, 0.4) is 0 Å². The number of hydrogen-bond donors (Lipinski definition) is 4. The van der Waals surface area contributed by atoms with Crippen LogP contribution >= 0.6 is 0 Å². The molecule has 4 N–H and O–H groups in total. The maximum Gasteiger partial charge on any atom is 0.407 e. The fourth-order valence-corrected chi connectivity index (χ4v) is 7.61. The number of fused-ring (bicyclic) bond motifs is 6. The summed E-state index contributed by atoms with van der Waals surface area (Å²) < 4.78 is 11.2. The fraction of sp³-hybridized carbons (Fsp3) is 0.405. The van der Waals surface area contributed by atoms with Crippen LogP contribution in [0.25, 0.3) is 44.2 Å². The maximum absolute atomic E-state index is 13.7. The van der Waals surface area contributed by atoms with Crippen molar-refractivity contribution in [1.82, 2.24) is 35.5 Å². The van der Waals surface area contributed by atoms with Gasteiger partial charge in [0, 0.05) is 17.5 Å². The van der Waals surface area contributed by atoms with Crippen molar-refractivity contribution in [3.63, 3.8) is 0 Å². The summed E-state index contributed by atoms with van der Waals surface area (Å²) in [6.45, 7) is 8.21. The van der Waals surface area contributed by atoms with Crippen LogP contribution in [0, 0.1) is 11.8 Å². The first-order valence-electron chi connectivity index (χ1n) is 16.9. The van der Waals surface area contributed by atoms with Crippen molar-refractivity contribution in [2.45, 2.75) is 64.8 Å². The number of ether oxygens (including phenoxy) is 2. The van der Waals surface area contributed by atoms with E-state index >= 15 is 0 Å². The monoisotopic (exact) mass is 647 g/mol. The summed E-state index contributed by atoms with van der Waals surface area (Å²) in [5, 5.41) is 8.38. The zero-order valence-corrected chi connectivity index (χ0v) is 27.7. The van der Waals surface area contributed by atoms with Gasteiger partial charge in [-0.05, 0) is 84.0 Å². The number of nitrogens with one attached hydrogen (secondary N) is 4. The van der Waals surface area contributed by atoms with Crippen LogP contribution in [-0.4, -0.2) is 63.1 Å². The molecule has 2 aromatic heterocycles. The number of likely N-dealkylation sites (tertiary alicyclic amines) is 1. The summed E-state index contributed by atoms with van der Waals surface area (Å²) in [5.74, 6) is 3.02. The maximum atomic E-state index is 13.7. The highest BCUT2D eigenvalue weighted by Gasteiger charge is 2.37. The number of methoxy groups -OCH3 is 1. The van der Waals surface area contributed by atoms with E-state index < -0.39 is 12.1 Å². The number of aromatic amines is 2. The Kier molecular flexibility index (Phi) is 7.59. The third kappa shape index (κ3) is 5.26. The molecule has 2 fully saturated rings. The molecule has 3 aliphatic heterocycles. The summed E-state index contributed by atoms with van der Waals surface area (Å²) in [5.41, 5.74) is 7.24. The van der Waals surface area contributed by atoms with Gasteiger partial charge in [0.2, 0.25) is 5.91 Å². The normalized spacial score (nSPS) is 20.9. The number of benzene rings is 3. The molecule has 0 aliphatic carbocycles. The molecular weight excluding hydrogens is 606 g/mol. The van der Waals surface area contributed by atoms with Gasteiger partial charge in [-0.1, -0.05) is 39.0 Å². The number of carbonyl (C=O) groups is 2. The highest BCUT2D eigenvalue weighted by atomic mass is 16.5. The SMILES string of the molecule is COC(=O)N[C@H](C(=O)N1CCC[C@H]1c1nc2ccc3cc4c(cc3c2[nH]1)OCc1cc(-c2cnc([C@@H]3C[C@H](C)CN3)[nH]2)ccc1-4)C(C)C. The smallest absolute Gasteiger partial charge is 0.407 e. The minimum atomic E-state index is -0.680. The molecule has 11 nitrogen and oxygen atoms in total. The number of alkyl carbamates (subject to hydrolysis) is 1. The van der Waals surface area contributed by atoms with E-state index in [0.717, 1.165) is 87.4 Å². The molecule has 0 bridgehead atoms. The average molecular weight is 648 g/mol. The zero-order valence-electron chi connectivity index (χ0n) is 27.7. The molecule has 3 aliphatic rings. The minimum Gasteiger partial charge on any atom is -0.488 e. The van der Waals surface area contributed by atoms with Crippen molar-refractivity contribution in [1.29, 1.82) is 0 Å². The number of rotatable bonds is 6. The van der Waals surface area contributed by atoms with Gasteiger partial charge >= 0.3 is 6.09 Å². The van der Waals surface area contributed by atoms with Crippen molar-refractivity contribution < 1.29 is 19.1 Å². The Hall–Kier alpha value is -4.90. The number of nitrogens with zero attached hydrogens (tertiary/aromatic N) is 3. The van der Waals surface area contributed by atoms with Crippen LogP contribution < -0.4 is 15.4 Å². The first kappa shape index (κ1) is 30.4. The molecule has 48 heavy (non-hydrogen) atoms. The molecule has 0 saturated carbocycles. The number of carbonyl (C=O) groups excluding carboxylic acids is 2. The Morgan fingerprint density at radius 2 is 1.96 bits per heavy atom. The van der Waals surface area contributed by atoms with Gasteiger partial charge in [0.15, 0.2) is 0 Å². The lowest BCUT2D eigenvalue weighted by Crippen LogP contribution is -2.51. The molecule has 0 unspecified atom stereocenters. The van der Waals surface area contributed by atoms with Crippen LogP contribution in [-0.2, 0) is 16.1 Å². The molecular formula is C37H41N7O4. The zero-order chi connectivity index (χ0) is 33.1. The second-order valence-electron chi connectivity index (χ2n) is 13.8. The van der Waals surface area contributed by atoms with Crippen molar-refractivity contribution in [3.8, 4) is 28.1 Å². The lowest BCUT2D eigenvalue weighted by atomic mass is 9.92. The lowest BCUT2D eigenvalue weighted by molar-refractivity contribution is -0.135. The number of aromatic nitrogens is 4. The lowest BCUT2D eigenvalue weighted by Gasteiger charge is -2.29. The summed E-state index contributed by atoms with van der Waals surface area (Å²) in [7, 11) is 1.30. The summed E-state index contributed by atoms with van der Waals surface area (Å²) >= 11 is 0. The third-order valence-corrected chi connectivity index (χ3v) is 10.2. The van der Waals surface area contributed by atoms with E-state index in [1.165, 1.54) is 12.7 Å². The van der Waals surface area contributed by atoms with Gasteiger partial charge in [0.25, 0.3) is 0 Å². The summed E-state index contributed by atoms with van der Waals surface area (Å²) in [4.78, 5) is 44.3. The van der Waals surface area contributed by atoms with Crippen LogP contribution in [0.15, 0.2) is 48.7 Å². The van der Waals surface area contributed by atoms with Crippen LogP contribution in [0.4, 0.5) is 4.79 Å². The Balaban J connectivity index is 1.08. The molecule has 5 heterocycles. The van der Waals surface area contributed by atoms with E-state index in [1.807, 2.05) is 31.0 Å². The molecule has 2 saturated heterocycles. The predicted molar refractivity (Wildman–Crippen MR) is 183 cm³/mol. The van der Waals surface area contributed by atoms with Crippen LogP contribution in [0.2, 0.25) is 0 Å². The van der Waals surface area contributed by atoms with E-state index in [1.54, 1.807) is 0 Å². The van der Waals surface area contributed by atoms with Crippen molar-refractivity contribution in [2.75, 3.05) is 20.2 Å². The van der Waals surface area contributed by atoms with Gasteiger partial charge in [0.1, 0.15) is 30.0 Å². The molecule has 5 aromatic rings. The predicted octanol–water partition coefficient (Wildman–Crippen LogP) is 6.38. The number of H-pyrrole nitrogens is 2. The van der Waals surface area contributed by atoms with E-state index in [-0.39, 0.29) is 23.9 Å². The van der Waals surface area contributed by atoms with Gasteiger partial charge in [-0.3, -0.25) is 4.79 Å². The molecule has 3 aromatic carbocycles. The third-order valence-electron chi connectivity index (χ3n) is 10.2. The molecule has 4 atom stereocenters. The van der Waals surface area contributed by atoms with Gasteiger partial charge in [-0.25, -0.2) is 14.8 Å². The number of imidazole rings is 2. The molecule has 0 radical (unpaired) electrons. The van der Waals surface area contributed by atoms with Crippen molar-refractivity contribution in [2.24, 2.45) is 11.8 Å². The van der Waals surface area contributed by atoms with Crippen LogP contribution in [0.5, 0.6) is 5.75 Å². The average Bonchev–Trinajstić information content (AvgIpc) is 3.91. The van der Waals surface area contributed by atoms with E-state index in [9.17, 15) is 9.59 Å². The molecule has 8 rings (SSSR count). The summed E-state index contributed by atoms with van der Waals surface area (Å²) in [6.07, 6.45) is 4.06. The molecule has 248 valence electrons. The quantitative estimate of drug-likeness (QED) is 0.168. The number of hydrogen-bond acceptors (Lipinski definition) is 7. The molecule has 2 amide bonds. The van der Waals surface area contributed by atoms with E-state index in [4.69, 9.17) is 14.5 Å². The summed E-state index contributed by atoms with van der Waals surface area (Å²) in [6, 6.07) is 14.4. The second-order valence-corrected chi connectivity index (χ2v) is 13.8. The fourth-order valence-electron chi connectivity index (χ4n) is 7.61. The van der Waals surface area contributed by atoms with E-state index in [0.29, 0.717) is 19.1 Å². The standard InChI is InChI=1S/C37H41N7O4/c1-19(2)32(43-37(46)47-4)36(45)44-11-5-6-30(44)35-40-27-10-8-21-14-26-24-9-7-22(29-17-39-34(41-29)28-12-20(3)16-38-28)13-23(24)18-48-31(26)15-25(21)33(27)42-35/h7-10,13-15,17,19-20,28,30,32,38H,5-6,11-12,16,18H2,1-4H3,(H,39,41)(H,40,42)(H,43,46)/t20-,28-,30-,32-/m0/s1. The Morgan fingerprint density at radius 3 is 2.75 bits per heavy atom. The minimum absolute atomic E-state index is 0.0955. The largest absolute Gasteiger partial charge is 0.488 e. The number of amides is 2. The Morgan fingerprint density at radius 1 is 1.08 bits per heavy atom. The Labute approximate surface area is 278 Å². The topological polar surface area (TPSA) is 137 Å². The Bertz CT molecular complexity index is 2050. The van der Waals surface area contributed by atoms with E-state index in [2.05, 4.69) is 68.9 Å². The van der Waals surface area contributed by atoms with Crippen molar-refractivity contribution in [3.05, 3.63) is 65.9 Å². The molecule has 11 heteroatoms.